The Balaban J connectivity index is 2.92. The zero-order valence-electron chi connectivity index (χ0n) is 14.2. The molecule has 0 aromatic heterocycles. The van der Waals surface area contributed by atoms with E-state index in [0.717, 1.165) is 19.4 Å². The van der Waals surface area contributed by atoms with Crippen LogP contribution in [0.25, 0.3) is 5.57 Å². The Morgan fingerprint density at radius 1 is 1.10 bits per heavy atom. The van der Waals surface area contributed by atoms with Crippen LogP contribution in [0.1, 0.15) is 51.7 Å². The first-order chi connectivity index (χ1) is 10.1. The minimum atomic E-state index is 1.04. The third-order valence-electron chi connectivity index (χ3n) is 3.59. The molecule has 0 fully saturated rings. The number of rotatable bonds is 7. The first-order valence-electron chi connectivity index (χ1n) is 7.97. The largest absolute Gasteiger partial charge is 0.388 e. The summed E-state index contributed by atoms with van der Waals surface area (Å²) in [4.78, 5) is 0. The van der Waals surface area contributed by atoms with Gasteiger partial charge in [0.15, 0.2) is 0 Å². The fourth-order valence-electron chi connectivity index (χ4n) is 2.26. The summed E-state index contributed by atoms with van der Waals surface area (Å²) >= 11 is 0. The molecule has 1 rings (SSSR count). The van der Waals surface area contributed by atoms with Gasteiger partial charge in [-0.15, -0.1) is 0 Å². The van der Waals surface area contributed by atoms with Crippen molar-refractivity contribution in [1.29, 1.82) is 0 Å². The van der Waals surface area contributed by atoms with Crippen LogP contribution in [0.2, 0.25) is 0 Å². The lowest BCUT2D eigenvalue weighted by atomic mass is 9.97. The molecule has 0 radical (unpaired) electrons. The van der Waals surface area contributed by atoms with E-state index in [2.05, 4.69) is 82.4 Å². The lowest BCUT2D eigenvalue weighted by Crippen LogP contribution is -2.13. The van der Waals surface area contributed by atoms with Crippen LogP contribution in [0.3, 0.4) is 0 Å². The van der Waals surface area contributed by atoms with Gasteiger partial charge in [-0.1, -0.05) is 55.8 Å². The van der Waals surface area contributed by atoms with Gasteiger partial charge in [0.05, 0.1) is 0 Å². The van der Waals surface area contributed by atoms with Gasteiger partial charge in [0.2, 0.25) is 0 Å². The van der Waals surface area contributed by atoms with Crippen molar-refractivity contribution in [2.45, 2.75) is 47.5 Å². The lowest BCUT2D eigenvalue weighted by molar-refractivity contribution is 0.742. The van der Waals surface area contributed by atoms with E-state index in [4.69, 9.17) is 0 Å². The van der Waals surface area contributed by atoms with Crippen LogP contribution in [0.4, 0.5) is 0 Å². The molecular formula is C20H29N. The zero-order chi connectivity index (χ0) is 15.7. The highest BCUT2D eigenvalue weighted by atomic mass is 14.9. The second-order valence-electron chi connectivity index (χ2n) is 5.39. The molecule has 114 valence electrons. The number of allylic oxidation sites excluding steroid dienone is 6. The van der Waals surface area contributed by atoms with Crippen molar-refractivity contribution < 1.29 is 0 Å². The summed E-state index contributed by atoms with van der Waals surface area (Å²) in [7, 11) is 0. The van der Waals surface area contributed by atoms with E-state index in [9.17, 15) is 0 Å². The standard InChI is InChI=1S/C20H29N/c1-6-15-21-19(7-2)14-11-17(5)20(8-3)18-12-9-16(4)10-13-18/h8-14,21H,6-7,15H2,1-5H3/b17-11+,19-14+,20-8?. The summed E-state index contributed by atoms with van der Waals surface area (Å²) in [5.41, 5.74) is 6.48. The van der Waals surface area contributed by atoms with Crippen LogP contribution in [-0.4, -0.2) is 6.54 Å². The average molecular weight is 283 g/mol. The fourth-order valence-corrected chi connectivity index (χ4v) is 2.26. The molecular weight excluding hydrogens is 254 g/mol. The molecule has 0 aliphatic carbocycles. The molecule has 0 saturated carbocycles. The minimum Gasteiger partial charge on any atom is -0.388 e. The minimum absolute atomic E-state index is 1.04. The van der Waals surface area contributed by atoms with Crippen molar-refractivity contribution in [3.63, 3.8) is 0 Å². The number of hydrogen-bond acceptors (Lipinski definition) is 1. The zero-order valence-corrected chi connectivity index (χ0v) is 14.2. The average Bonchev–Trinajstić information content (AvgIpc) is 2.50. The predicted molar refractivity (Wildman–Crippen MR) is 95.3 cm³/mol. The monoisotopic (exact) mass is 283 g/mol. The summed E-state index contributed by atoms with van der Waals surface area (Å²) in [6.45, 7) is 11.8. The van der Waals surface area contributed by atoms with E-state index in [1.54, 1.807) is 0 Å². The van der Waals surface area contributed by atoms with Gasteiger partial charge in [-0.05, 0) is 56.4 Å². The van der Waals surface area contributed by atoms with Crippen LogP contribution in [0.15, 0.2) is 53.8 Å². The molecule has 0 bridgehead atoms. The third-order valence-corrected chi connectivity index (χ3v) is 3.59. The van der Waals surface area contributed by atoms with E-state index in [-0.39, 0.29) is 0 Å². The highest BCUT2D eigenvalue weighted by Crippen LogP contribution is 2.23. The lowest BCUT2D eigenvalue weighted by Gasteiger charge is -2.10. The van der Waals surface area contributed by atoms with Crippen LogP contribution < -0.4 is 5.32 Å². The van der Waals surface area contributed by atoms with Gasteiger partial charge in [0, 0.05) is 12.2 Å². The maximum absolute atomic E-state index is 3.48. The van der Waals surface area contributed by atoms with Crippen molar-refractivity contribution in [3.05, 3.63) is 64.9 Å². The van der Waals surface area contributed by atoms with Crippen molar-refractivity contribution >= 4 is 5.57 Å². The smallest absolute Gasteiger partial charge is 0.0141 e. The molecule has 0 heterocycles. The van der Waals surface area contributed by atoms with E-state index in [0.29, 0.717) is 0 Å². The van der Waals surface area contributed by atoms with Gasteiger partial charge in [0.1, 0.15) is 0 Å². The van der Waals surface area contributed by atoms with E-state index >= 15 is 0 Å². The number of nitrogens with one attached hydrogen (secondary N) is 1. The Labute approximate surface area is 130 Å². The Morgan fingerprint density at radius 3 is 2.29 bits per heavy atom. The van der Waals surface area contributed by atoms with E-state index in [1.165, 1.54) is 28.0 Å². The number of aryl methyl sites for hydroxylation is 1. The maximum atomic E-state index is 3.48. The van der Waals surface area contributed by atoms with E-state index < -0.39 is 0 Å². The second-order valence-corrected chi connectivity index (χ2v) is 5.39. The summed E-state index contributed by atoms with van der Waals surface area (Å²) in [6, 6.07) is 8.73. The van der Waals surface area contributed by atoms with Gasteiger partial charge in [0.25, 0.3) is 0 Å². The van der Waals surface area contributed by atoms with Gasteiger partial charge < -0.3 is 5.32 Å². The molecule has 21 heavy (non-hydrogen) atoms. The van der Waals surface area contributed by atoms with Crippen molar-refractivity contribution in [3.8, 4) is 0 Å². The molecule has 1 N–H and O–H groups in total. The first-order valence-corrected chi connectivity index (χ1v) is 7.97. The Morgan fingerprint density at radius 2 is 1.76 bits per heavy atom. The molecule has 0 unspecified atom stereocenters. The molecule has 1 nitrogen and oxygen atoms in total. The second kappa shape index (κ2) is 9.23. The Kier molecular flexibility index (Phi) is 7.60. The Bertz CT molecular complexity index is 515. The quantitative estimate of drug-likeness (QED) is 0.639. The molecule has 1 aromatic rings. The van der Waals surface area contributed by atoms with Crippen LogP contribution in [0, 0.1) is 6.92 Å². The van der Waals surface area contributed by atoms with Gasteiger partial charge in [-0.3, -0.25) is 0 Å². The van der Waals surface area contributed by atoms with Crippen molar-refractivity contribution in [2.75, 3.05) is 6.54 Å². The molecule has 0 saturated heterocycles. The van der Waals surface area contributed by atoms with Gasteiger partial charge in [-0.25, -0.2) is 0 Å². The molecule has 1 aromatic carbocycles. The molecule has 0 aliphatic rings. The van der Waals surface area contributed by atoms with Crippen LogP contribution in [0.5, 0.6) is 0 Å². The van der Waals surface area contributed by atoms with Gasteiger partial charge >= 0.3 is 0 Å². The molecule has 0 spiro atoms. The highest BCUT2D eigenvalue weighted by molar-refractivity contribution is 5.78. The predicted octanol–water partition coefficient (Wildman–Crippen LogP) is 5.64. The third kappa shape index (κ3) is 5.63. The Hall–Kier alpha value is -1.76. The highest BCUT2D eigenvalue weighted by Gasteiger charge is 2.02. The number of hydrogen-bond donors (Lipinski definition) is 1. The van der Waals surface area contributed by atoms with Crippen LogP contribution in [-0.2, 0) is 0 Å². The topological polar surface area (TPSA) is 12.0 Å². The summed E-state index contributed by atoms with van der Waals surface area (Å²) in [5.74, 6) is 0. The molecule has 0 amide bonds. The maximum Gasteiger partial charge on any atom is 0.0141 e. The molecule has 0 atom stereocenters. The van der Waals surface area contributed by atoms with Crippen LogP contribution >= 0.6 is 0 Å². The molecule has 0 aliphatic heterocycles. The summed E-state index contributed by atoms with van der Waals surface area (Å²) in [6.07, 6.45) is 8.82. The summed E-state index contributed by atoms with van der Waals surface area (Å²) < 4.78 is 0. The van der Waals surface area contributed by atoms with E-state index in [1.807, 2.05) is 0 Å². The normalized spacial score (nSPS) is 13.5. The first kappa shape index (κ1) is 17.3. The van der Waals surface area contributed by atoms with Gasteiger partial charge in [-0.2, -0.15) is 0 Å². The summed E-state index contributed by atoms with van der Waals surface area (Å²) in [5, 5.41) is 3.48. The fraction of sp³-hybridized carbons (Fsp3) is 0.400. The number of benzene rings is 1. The van der Waals surface area contributed by atoms with Crippen molar-refractivity contribution in [2.24, 2.45) is 0 Å². The van der Waals surface area contributed by atoms with Crippen molar-refractivity contribution in [1.82, 2.24) is 5.32 Å². The molecule has 1 heteroatoms. The SMILES string of the molecule is CC=C(/C(C)=C/C=C(\CC)NCCC)c1ccc(C)cc1.